The highest BCUT2D eigenvalue weighted by Crippen LogP contribution is 2.35. The number of carbonyl (C=O) groups is 1. The molecule has 1 aliphatic rings. The van der Waals surface area contributed by atoms with Gasteiger partial charge in [0.15, 0.2) is 0 Å². The molecule has 0 aromatic rings. The van der Waals surface area contributed by atoms with E-state index in [1.165, 1.54) is 12.8 Å². The summed E-state index contributed by atoms with van der Waals surface area (Å²) < 4.78 is 5.02. The lowest BCUT2D eigenvalue weighted by Crippen LogP contribution is -2.42. The van der Waals surface area contributed by atoms with E-state index >= 15 is 0 Å². The maximum atomic E-state index is 11.8. The molecule has 1 rings (SSSR count). The van der Waals surface area contributed by atoms with Gasteiger partial charge in [-0.05, 0) is 25.7 Å². The molecule has 0 heterocycles. The van der Waals surface area contributed by atoms with Crippen LogP contribution in [0, 0.1) is 5.92 Å². The van der Waals surface area contributed by atoms with Crippen LogP contribution in [0.5, 0.6) is 0 Å². The summed E-state index contributed by atoms with van der Waals surface area (Å²) in [4.78, 5) is 13.7. The Morgan fingerprint density at radius 2 is 2.27 bits per heavy atom. The fourth-order valence-electron chi connectivity index (χ4n) is 1.80. The van der Waals surface area contributed by atoms with Gasteiger partial charge in [0.25, 0.3) is 0 Å². The Hall–Kier alpha value is -0.280. The Balaban J connectivity index is 2.46. The van der Waals surface area contributed by atoms with Crippen LogP contribution in [-0.4, -0.2) is 43.0 Å². The van der Waals surface area contributed by atoms with Gasteiger partial charge in [0.05, 0.1) is 6.61 Å². The minimum Gasteiger partial charge on any atom is -0.383 e. The Kier molecular flexibility index (Phi) is 5.40. The first-order valence-corrected chi connectivity index (χ1v) is 6.08. The maximum Gasteiger partial charge on any atom is 0.224 e. The quantitative estimate of drug-likeness (QED) is 0.629. The molecule has 0 radical (unpaired) electrons. The van der Waals surface area contributed by atoms with Gasteiger partial charge in [-0.2, -0.15) is 0 Å². The first kappa shape index (κ1) is 12.8. The van der Waals surface area contributed by atoms with Crippen LogP contribution >= 0.6 is 11.6 Å². The third kappa shape index (κ3) is 3.99. The minimum absolute atomic E-state index is 0.154. The molecule has 0 spiro atoms. The van der Waals surface area contributed by atoms with Crippen molar-refractivity contribution < 1.29 is 9.53 Å². The largest absolute Gasteiger partial charge is 0.383 e. The van der Waals surface area contributed by atoms with Crippen molar-refractivity contribution in [2.24, 2.45) is 5.92 Å². The van der Waals surface area contributed by atoms with Crippen LogP contribution in [0.25, 0.3) is 0 Å². The van der Waals surface area contributed by atoms with Crippen molar-refractivity contribution in [3.8, 4) is 0 Å². The van der Waals surface area contributed by atoms with E-state index < -0.39 is 0 Å². The van der Waals surface area contributed by atoms with E-state index in [2.05, 4.69) is 6.92 Å². The van der Waals surface area contributed by atoms with Gasteiger partial charge in [-0.25, -0.2) is 0 Å². The third-order valence-corrected chi connectivity index (χ3v) is 3.15. The van der Waals surface area contributed by atoms with Crippen molar-refractivity contribution in [2.75, 3.05) is 26.1 Å². The minimum atomic E-state index is 0.154. The highest BCUT2D eigenvalue weighted by atomic mass is 35.5. The number of alkyl halides is 1. The van der Waals surface area contributed by atoms with Crippen LogP contribution < -0.4 is 0 Å². The molecule has 0 aromatic carbocycles. The number of hydrogen-bond donors (Lipinski definition) is 0. The molecular formula is C11H20ClNO2. The van der Waals surface area contributed by atoms with Crippen molar-refractivity contribution >= 4 is 17.5 Å². The van der Waals surface area contributed by atoms with E-state index in [0.717, 1.165) is 0 Å². The van der Waals surface area contributed by atoms with E-state index in [1.807, 2.05) is 4.90 Å². The van der Waals surface area contributed by atoms with E-state index in [0.29, 0.717) is 37.4 Å². The normalized spacial score (nSPS) is 17.5. The van der Waals surface area contributed by atoms with Crippen LogP contribution in [0.2, 0.25) is 0 Å². The van der Waals surface area contributed by atoms with Gasteiger partial charge >= 0.3 is 0 Å². The number of hydrogen-bond acceptors (Lipinski definition) is 2. The SMILES string of the molecule is COCCN(C(=O)CCCl)C(C)C1CC1. The summed E-state index contributed by atoms with van der Waals surface area (Å²) in [5, 5.41) is 0. The van der Waals surface area contributed by atoms with Gasteiger partial charge in [-0.15, -0.1) is 11.6 Å². The molecule has 4 heteroatoms. The lowest BCUT2D eigenvalue weighted by molar-refractivity contribution is -0.133. The van der Waals surface area contributed by atoms with Crippen molar-refractivity contribution in [3.05, 3.63) is 0 Å². The molecule has 1 unspecified atom stereocenters. The molecule has 1 fully saturated rings. The summed E-state index contributed by atoms with van der Waals surface area (Å²) in [5.74, 6) is 1.25. The third-order valence-electron chi connectivity index (χ3n) is 2.96. The standard InChI is InChI=1S/C11H20ClNO2/c1-9(10-3-4-10)13(7-8-15-2)11(14)5-6-12/h9-10H,3-8H2,1-2H3. The van der Waals surface area contributed by atoms with Gasteiger partial charge < -0.3 is 9.64 Å². The number of methoxy groups -OCH3 is 1. The summed E-state index contributed by atoms with van der Waals surface area (Å²) in [6, 6.07) is 0.343. The topological polar surface area (TPSA) is 29.5 Å². The molecular weight excluding hydrogens is 214 g/mol. The van der Waals surface area contributed by atoms with Crippen molar-refractivity contribution in [2.45, 2.75) is 32.2 Å². The molecule has 0 aliphatic heterocycles. The first-order valence-electron chi connectivity index (χ1n) is 5.55. The molecule has 15 heavy (non-hydrogen) atoms. The van der Waals surface area contributed by atoms with Gasteiger partial charge in [-0.1, -0.05) is 0 Å². The van der Waals surface area contributed by atoms with Gasteiger partial charge in [0.2, 0.25) is 5.91 Å². The number of carbonyl (C=O) groups excluding carboxylic acids is 1. The lowest BCUT2D eigenvalue weighted by atomic mass is 10.1. The lowest BCUT2D eigenvalue weighted by Gasteiger charge is -2.29. The van der Waals surface area contributed by atoms with Crippen LogP contribution in [-0.2, 0) is 9.53 Å². The molecule has 1 aliphatic carbocycles. The molecule has 0 aromatic heterocycles. The smallest absolute Gasteiger partial charge is 0.224 e. The second-order valence-corrected chi connectivity index (χ2v) is 4.47. The second-order valence-electron chi connectivity index (χ2n) is 4.10. The summed E-state index contributed by atoms with van der Waals surface area (Å²) in [5.41, 5.74) is 0. The maximum absolute atomic E-state index is 11.8. The van der Waals surface area contributed by atoms with E-state index in [9.17, 15) is 4.79 Å². The van der Waals surface area contributed by atoms with Gasteiger partial charge in [0, 0.05) is 32.0 Å². The molecule has 3 nitrogen and oxygen atoms in total. The first-order chi connectivity index (χ1) is 7.20. The monoisotopic (exact) mass is 233 g/mol. The van der Waals surface area contributed by atoms with Crippen LogP contribution in [0.1, 0.15) is 26.2 Å². The zero-order chi connectivity index (χ0) is 11.3. The van der Waals surface area contributed by atoms with Crippen molar-refractivity contribution in [1.29, 1.82) is 0 Å². The second kappa shape index (κ2) is 6.33. The van der Waals surface area contributed by atoms with Crippen molar-refractivity contribution in [3.63, 3.8) is 0 Å². The summed E-state index contributed by atoms with van der Waals surface area (Å²) in [6.07, 6.45) is 2.93. The molecule has 0 bridgehead atoms. The Morgan fingerprint density at radius 3 is 2.73 bits per heavy atom. The van der Waals surface area contributed by atoms with E-state index in [4.69, 9.17) is 16.3 Å². The fourth-order valence-corrected chi connectivity index (χ4v) is 1.96. The Bertz CT molecular complexity index is 207. The molecule has 1 amide bonds. The summed E-state index contributed by atoms with van der Waals surface area (Å²) in [7, 11) is 1.66. The van der Waals surface area contributed by atoms with Crippen LogP contribution in [0.15, 0.2) is 0 Å². The average Bonchev–Trinajstić information content (AvgIpc) is 3.01. The number of nitrogens with zero attached hydrogens (tertiary/aromatic N) is 1. The van der Waals surface area contributed by atoms with Gasteiger partial charge in [0.1, 0.15) is 0 Å². The zero-order valence-electron chi connectivity index (χ0n) is 9.54. The van der Waals surface area contributed by atoms with Gasteiger partial charge in [-0.3, -0.25) is 4.79 Å². The fraction of sp³-hybridized carbons (Fsp3) is 0.909. The number of ether oxygens (including phenoxy) is 1. The Morgan fingerprint density at radius 1 is 1.60 bits per heavy atom. The molecule has 1 atom stereocenters. The van der Waals surface area contributed by atoms with E-state index in [-0.39, 0.29) is 5.91 Å². The average molecular weight is 234 g/mol. The van der Waals surface area contributed by atoms with Crippen molar-refractivity contribution in [1.82, 2.24) is 4.90 Å². The summed E-state index contributed by atoms with van der Waals surface area (Å²) >= 11 is 5.60. The highest BCUT2D eigenvalue weighted by Gasteiger charge is 2.33. The number of amides is 1. The highest BCUT2D eigenvalue weighted by molar-refractivity contribution is 6.18. The predicted molar refractivity (Wildman–Crippen MR) is 61.1 cm³/mol. The number of halogens is 1. The zero-order valence-corrected chi connectivity index (χ0v) is 10.3. The Labute approximate surface area is 96.7 Å². The predicted octanol–water partition coefficient (Wildman–Crippen LogP) is 1.89. The molecule has 0 N–H and O–H groups in total. The van der Waals surface area contributed by atoms with E-state index in [1.54, 1.807) is 7.11 Å². The molecule has 1 saturated carbocycles. The molecule has 0 saturated heterocycles. The van der Waals surface area contributed by atoms with Crippen LogP contribution in [0.4, 0.5) is 0 Å². The van der Waals surface area contributed by atoms with Crippen LogP contribution in [0.3, 0.4) is 0 Å². The molecule has 88 valence electrons. The number of rotatable bonds is 7. The summed E-state index contributed by atoms with van der Waals surface area (Å²) in [6.45, 7) is 3.41.